The summed E-state index contributed by atoms with van der Waals surface area (Å²) >= 11 is 4.73. The second-order valence-corrected chi connectivity index (χ2v) is 7.88. The minimum Gasteiger partial charge on any atom is -0.465 e. The highest BCUT2D eigenvalue weighted by Crippen LogP contribution is 2.24. The predicted octanol–water partition coefficient (Wildman–Crippen LogP) is 7.10. The highest BCUT2D eigenvalue weighted by Gasteiger charge is 2.09. The summed E-state index contributed by atoms with van der Waals surface area (Å²) in [5.41, 5.74) is 2.72. The quantitative estimate of drug-likeness (QED) is 0.213. The molecule has 1 aromatic rings. The minimum atomic E-state index is -0.306. The molecule has 0 aromatic heterocycles. The van der Waals surface area contributed by atoms with Crippen molar-refractivity contribution in [2.75, 3.05) is 7.11 Å². The number of hydrogen-bond donors (Lipinski definition) is 1. The van der Waals surface area contributed by atoms with Crippen LogP contribution in [0.15, 0.2) is 30.8 Å². The van der Waals surface area contributed by atoms with Crippen LogP contribution in [0.25, 0.3) is 5.57 Å². The van der Waals surface area contributed by atoms with E-state index in [2.05, 4.69) is 13.5 Å². The Balaban J connectivity index is 2.17. The van der Waals surface area contributed by atoms with Gasteiger partial charge in [0.05, 0.1) is 12.7 Å². The van der Waals surface area contributed by atoms with Crippen LogP contribution in [-0.2, 0) is 4.74 Å². The summed E-state index contributed by atoms with van der Waals surface area (Å²) in [7, 11) is 1.40. The molecule has 26 heavy (non-hydrogen) atoms. The van der Waals surface area contributed by atoms with Crippen LogP contribution >= 0.6 is 12.6 Å². The molecule has 0 radical (unpaired) electrons. The van der Waals surface area contributed by atoms with Gasteiger partial charge in [0.2, 0.25) is 0 Å². The van der Waals surface area contributed by atoms with E-state index in [9.17, 15) is 4.79 Å². The molecule has 0 fully saturated rings. The van der Waals surface area contributed by atoms with Gasteiger partial charge in [0.1, 0.15) is 0 Å². The van der Waals surface area contributed by atoms with Gasteiger partial charge in [-0.05, 0) is 36.1 Å². The number of esters is 1. The van der Waals surface area contributed by atoms with Crippen molar-refractivity contribution in [3.8, 4) is 0 Å². The molecule has 0 N–H and O–H groups in total. The topological polar surface area (TPSA) is 26.3 Å². The van der Waals surface area contributed by atoms with Crippen molar-refractivity contribution in [2.24, 2.45) is 0 Å². The average molecular weight is 377 g/mol. The van der Waals surface area contributed by atoms with Crippen molar-refractivity contribution in [1.29, 1.82) is 0 Å². The average Bonchev–Trinajstić information content (AvgIpc) is 2.66. The Hall–Kier alpha value is -1.22. The zero-order chi connectivity index (χ0) is 19.2. The lowest BCUT2D eigenvalue weighted by Gasteiger charge is -2.13. The summed E-state index contributed by atoms with van der Waals surface area (Å²) in [6, 6.07) is 7.46. The second-order valence-electron chi connectivity index (χ2n) is 7.15. The summed E-state index contributed by atoms with van der Waals surface area (Å²) in [5.74, 6) is -0.306. The van der Waals surface area contributed by atoms with Crippen molar-refractivity contribution < 1.29 is 9.53 Å². The first-order valence-electron chi connectivity index (χ1n) is 10.1. The number of carbonyl (C=O) groups is 1. The van der Waals surface area contributed by atoms with E-state index in [1.807, 2.05) is 12.1 Å². The SMILES string of the molecule is C=C(CC(S)CCCCCCCCCCC)c1ccc(C(=O)OC)cc1. The number of thiol groups is 1. The van der Waals surface area contributed by atoms with Gasteiger partial charge in [0, 0.05) is 5.25 Å². The molecule has 0 amide bonds. The fourth-order valence-electron chi connectivity index (χ4n) is 3.15. The van der Waals surface area contributed by atoms with Gasteiger partial charge in [0.25, 0.3) is 0 Å². The fourth-order valence-corrected chi connectivity index (χ4v) is 3.56. The van der Waals surface area contributed by atoms with Crippen LogP contribution in [0, 0.1) is 0 Å². The smallest absolute Gasteiger partial charge is 0.337 e. The lowest BCUT2D eigenvalue weighted by atomic mass is 9.98. The number of allylic oxidation sites excluding steroid dienone is 1. The molecular formula is C23H36O2S. The van der Waals surface area contributed by atoms with Crippen LogP contribution in [-0.4, -0.2) is 18.3 Å². The monoisotopic (exact) mass is 376 g/mol. The Morgan fingerprint density at radius 2 is 1.46 bits per heavy atom. The van der Waals surface area contributed by atoms with Crippen LogP contribution in [0.5, 0.6) is 0 Å². The second kappa shape index (κ2) is 13.9. The van der Waals surface area contributed by atoms with E-state index in [-0.39, 0.29) is 5.97 Å². The molecule has 146 valence electrons. The summed E-state index contributed by atoms with van der Waals surface area (Å²) in [6.07, 6.45) is 14.2. The van der Waals surface area contributed by atoms with E-state index in [0.717, 1.165) is 24.0 Å². The molecular weight excluding hydrogens is 340 g/mol. The number of ether oxygens (including phenoxy) is 1. The normalized spacial score (nSPS) is 12.0. The van der Waals surface area contributed by atoms with Gasteiger partial charge >= 0.3 is 5.97 Å². The molecule has 0 aliphatic rings. The van der Waals surface area contributed by atoms with Crippen LogP contribution in [0.2, 0.25) is 0 Å². The zero-order valence-corrected chi connectivity index (χ0v) is 17.5. The zero-order valence-electron chi connectivity index (χ0n) is 16.6. The molecule has 3 heteroatoms. The molecule has 2 nitrogen and oxygen atoms in total. The number of methoxy groups -OCH3 is 1. The van der Waals surface area contributed by atoms with Crippen molar-refractivity contribution >= 4 is 24.2 Å². The molecule has 1 unspecified atom stereocenters. The number of unbranched alkanes of at least 4 members (excludes halogenated alkanes) is 8. The Morgan fingerprint density at radius 3 is 2.00 bits per heavy atom. The fraction of sp³-hybridized carbons (Fsp3) is 0.609. The van der Waals surface area contributed by atoms with E-state index in [1.165, 1.54) is 64.9 Å². The van der Waals surface area contributed by atoms with Gasteiger partial charge < -0.3 is 4.74 Å². The van der Waals surface area contributed by atoms with Crippen LogP contribution in [0.4, 0.5) is 0 Å². The lowest BCUT2D eigenvalue weighted by molar-refractivity contribution is 0.0600. The first-order valence-corrected chi connectivity index (χ1v) is 10.6. The van der Waals surface area contributed by atoms with Crippen LogP contribution < -0.4 is 0 Å². The van der Waals surface area contributed by atoms with Gasteiger partial charge in [-0.1, -0.05) is 83.4 Å². The van der Waals surface area contributed by atoms with E-state index in [0.29, 0.717) is 10.8 Å². The van der Waals surface area contributed by atoms with Gasteiger partial charge in [-0.15, -0.1) is 0 Å². The van der Waals surface area contributed by atoms with Gasteiger partial charge in [-0.2, -0.15) is 12.6 Å². The lowest BCUT2D eigenvalue weighted by Crippen LogP contribution is -2.02. The Morgan fingerprint density at radius 1 is 0.962 bits per heavy atom. The molecule has 0 spiro atoms. The van der Waals surface area contributed by atoms with Gasteiger partial charge in [0.15, 0.2) is 0 Å². The van der Waals surface area contributed by atoms with E-state index < -0.39 is 0 Å². The molecule has 0 saturated carbocycles. The molecule has 1 aromatic carbocycles. The summed E-state index contributed by atoms with van der Waals surface area (Å²) in [4.78, 5) is 11.5. The maximum atomic E-state index is 11.5. The molecule has 0 heterocycles. The Kier molecular flexibility index (Phi) is 12.2. The molecule has 1 rings (SSSR count). The minimum absolute atomic E-state index is 0.306. The van der Waals surface area contributed by atoms with Gasteiger partial charge in [-0.25, -0.2) is 4.79 Å². The van der Waals surface area contributed by atoms with Crippen molar-refractivity contribution in [3.63, 3.8) is 0 Å². The van der Waals surface area contributed by atoms with Crippen LogP contribution in [0.3, 0.4) is 0 Å². The third-order valence-corrected chi connectivity index (χ3v) is 5.28. The molecule has 0 bridgehead atoms. The Labute approximate surface area is 165 Å². The third-order valence-electron chi connectivity index (χ3n) is 4.84. The number of rotatable bonds is 14. The van der Waals surface area contributed by atoms with E-state index in [4.69, 9.17) is 17.4 Å². The predicted molar refractivity (Wildman–Crippen MR) is 116 cm³/mol. The molecule has 0 saturated heterocycles. The van der Waals surface area contributed by atoms with E-state index >= 15 is 0 Å². The third kappa shape index (κ3) is 9.47. The highest BCUT2D eigenvalue weighted by molar-refractivity contribution is 7.81. The molecule has 1 atom stereocenters. The maximum Gasteiger partial charge on any atom is 0.337 e. The standard InChI is InChI=1S/C23H36O2S/c1-4-5-6-7-8-9-10-11-12-13-22(26)18-19(2)20-14-16-21(17-15-20)23(24)25-3/h14-17,22,26H,2,4-13,18H2,1,3H3. The number of carbonyl (C=O) groups excluding carboxylic acids is 1. The first-order chi connectivity index (χ1) is 12.6. The van der Waals surface area contributed by atoms with Crippen molar-refractivity contribution in [3.05, 3.63) is 42.0 Å². The maximum absolute atomic E-state index is 11.5. The summed E-state index contributed by atoms with van der Waals surface area (Å²) in [6.45, 7) is 6.45. The van der Waals surface area contributed by atoms with Gasteiger partial charge in [-0.3, -0.25) is 0 Å². The first kappa shape index (κ1) is 22.8. The van der Waals surface area contributed by atoms with Crippen molar-refractivity contribution in [2.45, 2.75) is 82.8 Å². The summed E-state index contributed by atoms with van der Waals surface area (Å²) in [5, 5.41) is 0.354. The Bertz CT molecular complexity index is 522. The van der Waals surface area contributed by atoms with E-state index in [1.54, 1.807) is 12.1 Å². The largest absolute Gasteiger partial charge is 0.465 e. The summed E-state index contributed by atoms with van der Waals surface area (Å²) < 4.78 is 4.72. The van der Waals surface area contributed by atoms with Crippen molar-refractivity contribution in [1.82, 2.24) is 0 Å². The number of hydrogen-bond acceptors (Lipinski definition) is 3. The number of benzene rings is 1. The molecule has 0 aliphatic heterocycles. The molecule has 0 aliphatic carbocycles. The highest BCUT2D eigenvalue weighted by atomic mass is 32.1. The van der Waals surface area contributed by atoms with Crippen LogP contribution in [0.1, 0.15) is 93.5 Å².